The summed E-state index contributed by atoms with van der Waals surface area (Å²) < 4.78 is 17.5. The van der Waals surface area contributed by atoms with Crippen molar-refractivity contribution in [3.05, 3.63) is 93.1 Å². The second-order valence-corrected chi connectivity index (χ2v) is 8.60. The third-order valence-corrected chi connectivity index (χ3v) is 5.52. The number of hydrogen-bond acceptors (Lipinski definition) is 4. The number of amides is 1. The van der Waals surface area contributed by atoms with Gasteiger partial charge in [0, 0.05) is 12.2 Å². The zero-order chi connectivity index (χ0) is 24.2. The average Bonchev–Trinajstić information content (AvgIpc) is 3.23. The van der Waals surface area contributed by atoms with E-state index in [1.54, 1.807) is 10.9 Å². The predicted octanol–water partition coefficient (Wildman–Crippen LogP) is 3.23. The molecule has 0 atom stereocenters. The van der Waals surface area contributed by atoms with Crippen LogP contribution in [0.15, 0.2) is 70.5 Å². The number of imidazole rings is 1. The van der Waals surface area contributed by atoms with Crippen LogP contribution in [0.2, 0.25) is 0 Å². The maximum absolute atomic E-state index is 13.5. The molecule has 176 valence electrons. The van der Waals surface area contributed by atoms with E-state index in [-0.39, 0.29) is 23.4 Å². The number of nitrogens with one attached hydrogen (secondary N) is 1. The highest BCUT2D eigenvalue weighted by molar-refractivity contribution is 5.90. The number of aryl methyl sites for hydroxylation is 1. The number of nitrogens with zero attached hydrogens (tertiary/aromatic N) is 4. The smallest absolute Gasteiger partial charge is 0.325 e. The molecule has 4 rings (SSSR count). The molecule has 4 aromatic rings. The second-order valence-electron chi connectivity index (χ2n) is 8.60. The summed E-state index contributed by atoms with van der Waals surface area (Å²) in [6.07, 6.45) is 2.38. The van der Waals surface area contributed by atoms with Gasteiger partial charge >= 0.3 is 5.69 Å². The van der Waals surface area contributed by atoms with E-state index >= 15 is 0 Å². The van der Waals surface area contributed by atoms with E-state index in [9.17, 15) is 18.8 Å². The van der Waals surface area contributed by atoms with Crippen LogP contribution in [0.1, 0.15) is 25.8 Å². The van der Waals surface area contributed by atoms with E-state index in [1.165, 1.54) is 28.8 Å². The van der Waals surface area contributed by atoms with E-state index < -0.39 is 29.5 Å². The molecule has 0 saturated carbocycles. The largest absolute Gasteiger partial charge is 0.333 e. The number of benzene rings is 2. The summed E-state index contributed by atoms with van der Waals surface area (Å²) >= 11 is 0. The Balaban J connectivity index is 1.78. The molecule has 0 unspecified atom stereocenters. The molecule has 2 aromatic carbocycles. The van der Waals surface area contributed by atoms with E-state index in [2.05, 4.69) is 24.1 Å². The van der Waals surface area contributed by atoms with Crippen molar-refractivity contribution in [1.82, 2.24) is 18.7 Å². The molecule has 0 bridgehead atoms. The van der Waals surface area contributed by atoms with Crippen molar-refractivity contribution in [2.75, 3.05) is 5.32 Å². The highest BCUT2D eigenvalue weighted by atomic mass is 19.1. The summed E-state index contributed by atoms with van der Waals surface area (Å²) in [6, 6.07) is 14.8. The minimum absolute atomic E-state index is 0.198. The van der Waals surface area contributed by atoms with Crippen molar-refractivity contribution in [2.24, 2.45) is 5.92 Å². The Bertz CT molecular complexity index is 1440. The first kappa shape index (κ1) is 23.2. The number of carbonyl (C=O) groups excluding carboxylic acids is 1. The molecule has 0 saturated heterocycles. The van der Waals surface area contributed by atoms with Crippen LogP contribution in [0.25, 0.3) is 11.2 Å². The molecular formula is C25H26FN5O3. The lowest BCUT2D eigenvalue weighted by molar-refractivity contribution is -0.116. The number of fused-ring (bicyclic) bond motifs is 1. The van der Waals surface area contributed by atoms with Crippen molar-refractivity contribution < 1.29 is 9.18 Å². The lowest BCUT2D eigenvalue weighted by Crippen LogP contribution is -2.43. The van der Waals surface area contributed by atoms with E-state index in [1.807, 2.05) is 30.3 Å². The monoisotopic (exact) mass is 463 g/mol. The summed E-state index contributed by atoms with van der Waals surface area (Å²) in [5, 5.41) is 2.54. The van der Waals surface area contributed by atoms with Crippen LogP contribution in [-0.4, -0.2) is 24.6 Å². The number of anilines is 1. The molecule has 0 spiro atoms. The molecule has 8 nitrogen and oxygen atoms in total. The minimum Gasteiger partial charge on any atom is -0.325 e. The Morgan fingerprint density at radius 1 is 1.06 bits per heavy atom. The van der Waals surface area contributed by atoms with Gasteiger partial charge in [0.05, 0.1) is 12.9 Å². The van der Waals surface area contributed by atoms with Gasteiger partial charge in [-0.3, -0.25) is 14.2 Å². The Morgan fingerprint density at radius 3 is 2.53 bits per heavy atom. The Kier molecular flexibility index (Phi) is 6.72. The first-order valence-electron chi connectivity index (χ1n) is 11.1. The fourth-order valence-electron chi connectivity index (χ4n) is 3.76. The summed E-state index contributed by atoms with van der Waals surface area (Å²) in [5.74, 6) is -0.703. The van der Waals surface area contributed by atoms with Crippen LogP contribution >= 0.6 is 0 Å². The van der Waals surface area contributed by atoms with Crippen molar-refractivity contribution in [3.8, 4) is 0 Å². The van der Waals surface area contributed by atoms with Gasteiger partial charge in [0.1, 0.15) is 12.4 Å². The number of hydrogen-bond donors (Lipinski definition) is 1. The van der Waals surface area contributed by atoms with Crippen LogP contribution in [0, 0.1) is 11.7 Å². The zero-order valence-electron chi connectivity index (χ0n) is 19.1. The molecule has 0 aliphatic carbocycles. The van der Waals surface area contributed by atoms with E-state index in [4.69, 9.17) is 0 Å². The number of aromatic nitrogens is 4. The lowest BCUT2D eigenvalue weighted by atomic mass is 10.1. The normalized spacial score (nSPS) is 11.3. The van der Waals surface area contributed by atoms with Crippen LogP contribution in [0.4, 0.5) is 10.1 Å². The molecule has 0 radical (unpaired) electrons. The van der Waals surface area contributed by atoms with Crippen molar-refractivity contribution >= 4 is 22.8 Å². The van der Waals surface area contributed by atoms with Crippen molar-refractivity contribution in [1.29, 1.82) is 0 Å². The highest BCUT2D eigenvalue weighted by Crippen LogP contribution is 2.13. The van der Waals surface area contributed by atoms with E-state index in [0.717, 1.165) is 16.6 Å². The number of halogens is 1. The number of rotatable bonds is 8. The lowest BCUT2D eigenvalue weighted by Gasteiger charge is -2.13. The molecule has 1 amide bonds. The molecule has 1 N–H and O–H groups in total. The van der Waals surface area contributed by atoms with Crippen molar-refractivity contribution in [3.63, 3.8) is 0 Å². The molecule has 2 aromatic heterocycles. The van der Waals surface area contributed by atoms with Gasteiger partial charge in [-0.15, -0.1) is 0 Å². The number of carbonyl (C=O) groups is 1. The standard InChI is InChI=1S/C25H26FN5O3/c1-17(2)11-12-29-16-27-23-22(29)24(33)31(15-21(32)28-20-10-6-9-19(26)13-20)25(34)30(23)14-18-7-4-3-5-8-18/h3-10,13,16-17H,11-12,14-15H2,1-2H3,(H,28,32). The maximum Gasteiger partial charge on any atom is 0.333 e. The van der Waals surface area contributed by atoms with Gasteiger partial charge in [-0.25, -0.2) is 18.7 Å². The molecule has 0 aliphatic heterocycles. The van der Waals surface area contributed by atoms with Crippen LogP contribution < -0.4 is 16.6 Å². The summed E-state index contributed by atoms with van der Waals surface area (Å²) in [5.41, 5.74) is 0.437. The van der Waals surface area contributed by atoms with Crippen LogP contribution in [0.3, 0.4) is 0 Å². The van der Waals surface area contributed by atoms with Crippen LogP contribution in [0.5, 0.6) is 0 Å². The van der Waals surface area contributed by atoms with Gasteiger partial charge in [0.25, 0.3) is 5.56 Å². The van der Waals surface area contributed by atoms with Crippen molar-refractivity contribution in [2.45, 2.75) is 39.9 Å². The first-order chi connectivity index (χ1) is 16.3. The van der Waals surface area contributed by atoms with Gasteiger partial charge < -0.3 is 9.88 Å². The maximum atomic E-state index is 13.5. The quantitative estimate of drug-likeness (QED) is 0.434. The van der Waals surface area contributed by atoms with Crippen LogP contribution in [-0.2, 0) is 24.4 Å². The zero-order valence-corrected chi connectivity index (χ0v) is 19.1. The molecule has 9 heteroatoms. The summed E-state index contributed by atoms with van der Waals surface area (Å²) in [4.78, 5) is 43.8. The van der Waals surface area contributed by atoms with Gasteiger partial charge in [-0.05, 0) is 36.1 Å². The molecule has 0 fully saturated rings. The first-order valence-corrected chi connectivity index (χ1v) is 11.1. The third kappa shape index (κ3) is 4.98. The van der Waals surface area contributed by atoms with Gasteiger partial charge in [-0.2, -0.15) is 0 Å². The SMILES string of the molecule is CC(C)CCn1cnc2c1c(=O)n(CC(=O)Nc1cccc(F)c1)c(=O)n2Cc1ccccc1. The Morgan fingerprint density at radius 2 is 1.82 bits per heavy atom. The molecule has 0 aliphatic rings. The molecule has 34 heavy (non-hydrogen) atoms. The van der Waals surface area contributed by atoms with Gasteiger partial charge in [-0.1, -0.05) is 50.2 Å². The average molecular weight is 464 g/mol. The fraction of sp³-hybridized carbons (Fsp3) is 0.280. The minimum atomic E-state index is -0.634. The topological polar surface area (TPSA) is 90.9 Å². The van der Waals surface area contributed by atoms with E-state index in [0.29, 0.717) is 12.5 Å². The van der Waals surface area contributed by atoms with Gasteiger partial charge in [0.15, 0.2) is 11.2 Å². The van der Waals surface area contributed by atoms with Gasteiger partial charge in [0.2, 0.25) is 5.91 Å². The third-order valence-electron chi connectivity index (χ3n) is 5.52. The molecular weight excluding hydrogens is 437 g/mol. The fourth-order valence-corrected chi connectivity index (χ4v) is 3.76. The summed E-state index contributed by atoms with van der Waals surface area (Å²) in [6.45, 7) is 4.42. The Labute approximate surface area is 195 Å². The highest BCUT2D eigenvalue weighted by Gasteiger charge is 2.20. The molecule has 2 heterocycles. The predicted molar refractivity (Wildman–Crippen MR) is 128 cm³/mol. The second kappa shape index (κ2) is 9.86. The Hall–Kier alpha value is -4.01. The summed E-state index contributed by atoms with van der Waals surface area (Å²) in [7, 11) is 0.